The van der Waals surface area contributed by atoms with Crippen molar-refractivity contribution in [1.82, 2.24) is 9.55 Å². The van der Waals surface area contributed by atoms with Crippen molar-refractivity contribution < 1.29 is 51.2 Å². The summed E-state index contributed by atoms with van der Waals surface area (Å²) in [6, 6.07) is 1.11. The average molecular weight is 480 g/mol. The summed E-state index contributed by atoms with van der Waals surface area (Å²) in [5, 5.41) is 0. The predicted octanol–water partition coefficient (Wildman–Crippen LogP) is 0.194. The molecule has 0 amide bonds. The first kappa shape index (κ1) is 24.3. The number of hydrogen-bond donors (Lipinski definition) is 5. The highest BCUT2D eigenvalue weighted by Gasteiger charge is 2.46. The van der Waals surface area contributed by atoms with Crippen LogP contribution in [0.15, 0.2) is 21.9 Å². The summed E-state index contributed by atoms with van der Waals surface area (Å²) in [6.45, 7) is 2.73. The minimum atomic E-state index is -5.62. The molecule has 0 spiro atoms. The second-order valence-electron chi connectivity index (χ2n) is 6.68. The van der Waals surface area contributed by atoms with Crippen LogP contribution in [0.3, 0.4) is 0 Å². The van der Waals surface area contributed by atoms with Crippen molar-refractivity contribution in [2.24, 2.45) is 5.41 Å². The number of aromatic amines is 1. The van der Waals surface area contributed by atoms with Crippen molar-refractivity contribution in [3.8, 4) is 0 Å². The lowest BCUT2D eigenvalue weighted by molar-refractivity contribution is -0.0419. The van der Waals surface area contributed by atoms with Gasteiger partial charge < -0.3 is 24.3 Å². The molecule has 18 heteroatoms. The van der Waals surface area contributed by atoms with Gasteiger partial charge in [-0.15, -0.1) is 0 Å². The Morgan fingerprint density at radius 2 is 1.79 bits per heavy atom. The molecule has 1 fully saturated rings. The highest BCUT2D eigenvalue weighted by atomic mass is 31.3. The molecule has 1 aromatic heterocycles. The van der Waals surface area contributed by atoms with Crippen molar-refractivity contribution in [3.63, 3.8) is 0 Å². The Morgan fingerprint density at radius 1 is 1.17 bits per heavy atom. The van der Waals surface area contributed by atoms with Crippen LogP contribution in [-0.2, 0) is 31.6 Å². The van der Waals surface area contributed by atoms with Crippen LogP contribution in [0, 0.1) is 5.41 Å². The fourth-order valence-electron chi connectivity index (χ4n) is 2.55. The maximum absolute atomic E-state index is 11.9. The second kappa shape index (κ2) is 8.29. The molecule has 29 heavy (non-hydrogen) atoms. The molecule has 166 valence electrons. The minimum Gasteiger partial charge on any atom is -0.352 e. The van der Waals surface area contributed by atoms with E-state index in [9.17, 15) is 28.2 Å². The molecule has 2 unspecified atom stereocenters. The number of nitrogens with zero attached hydrogens (tertiary/aromatic N) is 1. The summed E-state index contributed by atoms with van der Waals surface area (Å²) in [7, 11) is -16.4. The van der Waals surface area contributed by atoms with Crippen molar-refractivity contribution >= 4 is 23.5 Å². The molecule has 2 rings (SSSR count). The maximum Gasteiger partial charge on any atom is 0.490 e. The maximum atomic E-state index is 11.9. The zero-order valence-electron chi connectivity index (χ0n) is 15.0. The fourth-order valence-corrected chi connectivity index (χ4v) is 5.57. The van der Waals surface area contributed by atoms with Gasteiger partial charge >= 0.3 is 29.2 Å². The van der Waals surface area contributed by atoms with E-state index in [1.54, 1.807) is 13.8 Å². The Bertz CT molecular complexity index is 1010. The van der Waals surface area contributed by atoms with Gasteiger partial charge in [0, 0.05) is 18.7 Å². The molecule has 1 aliphatic heterocycles. The van der Waals surface area contributed by atoms with E-state index in [0.29, 0.717) is 0 Å². The monoisotopic (exact) mass is 480 g/mol. The fraction of sp³-hybridized carbons (Fsp3) is 0.636. The molecular formula is C11H19N2O13P3. The van der Waals surface area contributed by atoms with E-state index in [-0.39, 0.29) is 6.42 Å². The molecule has 0 saturated carbocycles. The van der Waals surface area contributed by atoms with Crippen LogP contribution in [0.25, 0.3) is 0 Å². The molecule has 2 heterocycles. The zero-order valence-corrected chi connectivity index (χ0v) is 17.7. The van der Waals surface area contributed by atoms with Crippen molar-refractivity contribution in [2.45, 2.75) is 32.6 Å². The molecule has 0 aromatic carbocycles. The van der Waals surface area contributed by atoms with Gasteiger partial charge in [0.1, 0.15) is 6.23 Å². The lowest BCUT2D eigenvalue weighted by atomic mass is 9.85. The van der Waals surface area contributed by atoms with E-state index in [2.05, 4.69) is 18.1 Å². The normalized spacial score (nSPS) is 26.0. The van der Waals surface area contributed by atoms with Crippen LogP contribution in [-0.4, -0.2) is 41.8 Å². The largest absolute Gasteiger partial charge is 0.490 e. The summed E-state index contributed by atoms with van der Waals surface area (Å²) in [6.07, 6.45) is -0.296. The number of ether oxygens (including phenoxy) is 1. The number of aromatic nitrogens is 2. The first-order valence-corrected chi connectivity index (χ1v) is 12.3. The van der Waals surface area contributed by atoms with E-state index in [0.717, 1.165) is 10.6 Å². The SMILES string of the molecule is CC1(C)C[C@H](n2ccc(=O)[nH]c2=O)O[C@@H]1COP(=O)(O)OP(=O)(O)OP(=O)(O)O. The molecule has 4 atom stereocenters. The lowest BCUT2D eigenvalue weighted by Crippen LogP contribution is -2.31. The van der Waals surface area contributed by atoms with E-state index < -0.39 is 59.1 Å². The number of phosphoric acid groups is 3. The van der Waals surface area contributed by atoms with E-state index >= 15 is 0 Å². The summed E-state index contributed by atoms with van der Waals surface area (Å²) >= 11 is 0. The van der Waals surface area contributed by atoms with Crippen LogP contribution < -0.4 is 11.2 Å². The topological polar surface area (TPSA) is 224 Å². The summed E-state index contributed by atoms with van der Waals surface area (Å²) in [4.78, 5) is 60.8. The third-order valence-electron chi connectivity index (χ3n) is 3.86. The van der Waals surface area contributed by atoms with Crippen LogP contribution in [0.1, 0.15) is 26.5 Å². The van der Waals surface area contributed by atoms with Gasteiger partial charge in [-0.1, -0.05) is 13.8 Å². The number of H-pyrrole nitrogens is 1. The molecular weight excluding hydrogens is 461 g/mol. The van der Waals surface area contributed by atoms with Gasteiger partial charge in [0.25, 0.3) is 5.56 Å². The lowest BCUT2D eigenvalue weighted by Gasteiger charge is -2.25. The molecule has 1 saturated heterocycles. The van der Waals surface area contributed by atoms with Gasteiger partial charge in [-0.2, -0.15) is 8.62 Å². The summed E-state index contributed by atoms with van der Waals surface area (Å²) in [5.74, 6) is 0. The van der Waals surface area contributed by atoms with Crippen molar-refractivity contribution in [3.05, 3.63) is 33.1 Å². The molecule has 0 bridgehead atoms. The second-order valence-corrected chi connectivity index (χ2v) is 11.1. The molecule has 1 aliphatic rings. The molecule has 0 radical (unpaired) electrons. The predicted molar refractivity (Wildman–Crippen MR) is 93.4 cm³/mol. The molecule has 15 nitrogen and oxygen atoms in total. The van der Waals surface area contributed by atoms with E-state index in [4.69, 9.17) is 19.4 Å². The Morgan fingerprint density at radius 3 is 2.34 bits per heavy atom. The van der Waals surface area contributed by atoms with Crippen LogP contribution in [0.4, 0.5) is 0 Å². The van der Waals surface area contributed by atoms with Gasteiger partial charge in [0.2, 0.25) is 0 Å². The Kier molecular flexibility index (Phi) is 6.95. The smallest absolute Gasteiger partial charge is 0.352 e. The summed E-state index contributed by atoms with van der Waals surface area (Å²) < 4.78 is 52.3. The standard InChI is InChI=1S/C11H19N2O13P3/c1-11(2)5-9(13-4-3-8(14)12-10(13)15)24-7(11)6-23-28(19,20)26-29(21,22)25-27(16,17)18/h3-4,7,9H,5-6H2,1-2H3,(H,19,20)(H,21,22)(H,12,14,15)(H2,16,17,18)/t7-,9-/m1/s1. The average Bonchev–Trinajstić information content (AvgIpc) is 2.76. The quantitative estimate of drug-likeness (QED) is 0.314. The molecule has 5 N–H and O–H groups in total. The van der Waals surface area contributed by atoms with Gasteiger partial charge in [0.05, 0.1) is 12.7 Å². The van der Waals surface area contributed by atoms with Crippen molar-refractivity contribution in [1.29, 1.82) is 0 Å². The van der Waals surface area contributed by atoms with E-state index in [1.165, 1.54) is 6.20 Å². The minimum absolute atomic E-state index is 0.239. The number of phosphoric ester groups is 1. The summed E-state index contributed by atoms with van der Waals surface area (Å²) in [5.41, 5.74) is -2.05. The van der Waals surface area contributed by atoms with Crippen LogP contribution in [0.5, 0.6) is 0 Å². The first-order valence-electron chi connectivity index (χ1n) is 7.75. The Balaban J connectivity index is 2.06. The Labute approximate surface area is 162 Å². The number of rotatable bonds is 8. The molecule has 1 aromatic rings. The van der Waals surface area contributed by atoms with E-state index in [1.807, 2.05) is 0 Å². The van der Waals surface area contributed by atoms with Crippen molar-refractivity contribution in [2.75, 3.05) is 6.61 Å². The number of nitrogens with one attached hydrogen (secondary N) is 1. The van der Waals surface area contributed by atoms with Gasteiger partial charge in [-0.3, -0.25) is 18.9 Å². The van der Waals surface area contributed by atoms with Gasteiger partial charge in [0.15, 0.2) is 0 Å². The number of hydrogen-bond acceptors (Lipinski definition) is 9. The van der Waals surface area contributed by atoms with Crippen LogP contribution in [0.2, 0.25) is 0 Å². The zero-order chi connectivity index (χ0) is 22.3. The highest BCUT2D eigenvalue weighted by Crippen LogP contribution is 2.66. The first-order chi connectivity index (χ1) is 13.0. The molecule has 0 aliphatic carbocycles. The van der Waals surface area contributed by atoms with Gasteiger partial charge in [-0.05, 0) is 5.41 Å². The third kappa shape index (κ3) is 7.06. The highest BCUT2D eigenvalue weighted by molar-refractivity contribution is 7.66. The van der Waals surface area contributed by atoms with Crippen LogP contribution >= 0.6 is 23.5 Å². The van der Waals surface area contributed by atoms with Gasteiger partial charge in [-0.25, -0.2) is 18.5 Å². The third-order valence-corrected chi connectivity index (χ3v) is 7.66. The Hall–Kier alpha value is -0.950.